The first-order chi connectivity index (χ1) is 13.5. The van der Waals surface area contributed by atoms with Crippen LogP contribution in [0.25, 0.3) is 10.8 Å². The second kappa shape index (κ2) is 8.58. The molecule has 0 radical (unpaired) electrons. The third-order valence-corrected chi connectivity index (χ3v) is 4.27. The zero-order chi connectivity index (χ0) is 20.1. The molecule has 2 amide bonds. The molecule has 0 bridgehead atoms. The summed E-state index contributed by atoms with van der Waals surface area (Å²) in [5, 5.41) is 16.9. The monoisotopic (exact) mass is 384 g/mol. The third kappa shape index (κ3) is 4.50. The van der Waals surface area contributed by atoms with Gasteiger partial charge in [-0.3, -0.25) is 9.59 Å². The van der Waals surface area contributed by atoms with Gasteiger partial charge in [0, 0.05) is 18.3 Å². The number of halogens is 2. The number of nitrogens with one attached hydrogen (secondary N) is 2. The summed E-state index contributed by atoms with van der Waals surface area (Å²) in [6.07, 6.45) is -0.612. The maximum atomic E-state index is 13.1. The van der Waals surface area contributed by atoms with Gasteiger partial charge in [-0.2, -0.15) is 0 Å². The summed E-state index contributed by atoms with van der Waals surface area (Å²) in [4.78, 5) is 23.7. The van der Waals surface area contributed by atoms with E-state index in [9.17, 15) is 23.5 Å². The molecule has 0 aromatic heterocycles. The molecular formula is C21H18F2N2O3. The summed E-state index contributed by atoms with van der Waals surface area (Å²) < 4.78 is 26.0. The van der Waals surface area contributed by atoms with Crippen LogP contribution in [-0.2, 0) is 9.59 Å². The lowest BCUT2D eigenvalue weighted by Crippen LogP contribution is -2.36. The lowest BCUT2D eigenvalue weighted by molar-refractivity contribution is -0.136. The van der Waals surface area contributed by atoms with Gasteiger partial charge in [-0.05, 0) is 34.9 Å². The molecule has 5 nitrogen and oxygen atoms in total. The molecule has 0 spiro atoms. The van der Waals surface area contributed by atoms with Gasteiger partial charge in [0.25, 0.3) is 0 Å². The molecule has 144 valence electrons. The van der Waals surface area contributed by atoms with E-state index in [-0.39, 0.29) is 18.7 Å². The average Bonchev–Trinajstić information content (AvgIpc) is 2.70. The summed E-state index contributed by atoms with van der Waals surface area (Å²) in [6.45, 7) is 0.0639. The zero-order valence-electron chi connectivity index (χ0n) is 14.8. The predicted molar refractivity (Wildman–Crippen MR) is 102 cm³/mol. The van der Waals surface area contributed by atoms with Crippen LogP contribution in [0.2, 0.25) is 0 Å². The van der Waals surface area contributed by atoms with E-state index < -0.39 is 29.6 Å². The normalized spacial score (nSPS) is 11.8. The molecule has 3 aromatic carbocycles. The second-order valence-corrected chi connectivity index (χ2v) is 6.21. The van der Waals surface area contributed by atoms with Crippen molar-refractivity contribution in [1.82, 2.24) is 5.32 Å². The number of hydrogen-bond donors (Lipinski definition) is 3. The van der Waals surface area contributed by atoms with E-state index in [1.807, 2.05) is 42.5 Å². The predicted octanol–water partition coefficient (Wildman–Crippen LogP) is 3.30. The Bertz CT molecular complexity index is 1020. The summed E-state index contributed by atoms with van der Waals surface area (Å²) in [5.74, 6) is -4.12. The number of hydrogen-bond acceptors (Lipinski definition) is 3. The Morgan fingerprint density at radius 3 is 2.46 bits per heavy atom. The summed E-state index contributed by atoms with van der Waals surface area (Å²) in [5.41, 5.74) is 0.702. The number of anilines is 1. The molecule has 0 heterocycles. The number of aliphatic hydroxyl groups excluding tert-OH is 1. The lowest BCUT2D eigenvalue weighted by atomic mass is 9.99. The van der Waals surface area contributed by atoms with Gasteiger partial charge >= 0.3 is 11.8 Å². The molecule has 0 aliphatic rings. The fraction of sp³-hybridized carbons (Fsp3) is 0.143. The molecule has 1 atom stereocenters. The second-order valence-electron chi connectivity index (χ2n) is 6.21. The first-order valence-electron chi connectivity index (χ1n) is 8.65. The van der Waals surface area contributed by atoms with Gasteiger partial charge in [-0.25, -0.2) is 8.78 Å². The summed E-state index contributed by atoms with van der Waals surface area (Å²) in [7, 11) is 0. The Morgan fingerprint density at radius 2 is 1.68 bits per heavy atom. The Morgan fingerprint density at radius 1 is 0.929 bits per heavy atom. The molecule has 7 heteroatoms. The quantitative estimate of drug-likeness (QED) is 0.591. The van der Waals surface area contributed by atoms with Crippen molar-refractivity contribution >= 4 is 28.3 Å². The van der Waals surface area contributed by atoms with E-state index in [1.54, 1.807) is 0 Å². The van der Waals surface area contributed by atoms with Crippen LogP contribution in [0.4, 0.5) is 14.5 Å². The van der Waals surface area contributed by atoms with E-state index >= 15 is 0 Å². The largest absolute Gasteiger partial charge is 0.388 e. The van der Waals surface area contributed by atoms with E-state index in [4.69, 9.17) is 0 Å². The van der Waals surface area contributed by atoms with E-state index in [0.29, 0.717) is 0 Å². The van der Waals surface area contributed by atoms with Gasteiger partial charge in [0.2, 0.25) is 0 Å². The Labute approximate surface area is 160 Å². The average molecular weight is 384 g/mol. The molecular weight excluding hydrogens is 366 g/mol. The molecule has 28 heavy (non-hydrogen) atoms. The topological polar surface area (TPSA) is 78.4 Å². The molecule has 3 rings (SSSR count). The molecule has 0 saturated heterocycles. The maximum absolute atomic E-state index is 13.1. The zero-order valence-corrected chi connectivity index (χ0v) is 14.8. The number of carbonyl (C=O) groups excluding carboxylic acids is 2. The molecule has 0 unspecified atom stereocenters. The minimum atomic E-state index is -1.13. The Balaban J connectivity index is 1.54. The van der Waals surface area contributed by atoms with Crippen molar-refractivity contribution < 1.29 is 23.5 Å². The molecule has 0 fully saturated rings. The smallest absolute Gasteiger partial charge is 0.313 e. The highest BCUT2D eigenvalue weighted by atomic mass is 19.2. The highest BCUT2D eigenvalue weighted by Crippen LogP contribution is 2.25. The van der Waals surface area contributed by atoms with Gasteiger partial charge < -0.3 is 15.7 Å². The summed E-state index contributed by atoms with van der Waals surface area (Å²) >= 11 is 0. The first-order valence-corrected chi connectivity index (χ1v) is 8.65. The Hall–Kier alpha value is -3.32. The van der Waals surface area contributed by atoms with Crippen LogP contribution in [0, 0.1) is 11.6 Å². The number of amides is 2. The van der Waals surface area contributed by atoms with Gasteiger partial charge in [0.05, 0.1) is 6.10 Å². The fourth-order valence-corrected chi connectivity index (χ4v) is 2.86. The minimum Gasteiger partial charge on any atom is -0.388 e. The number of aliphatic hydroxyl groups is 1. The van der Waals surface area contributed by atoms with Crippen LogP contribution < -0.4 is 10.6 Å². The van der Waals surface area contributed by atoms with Crippen LogP contribution in [-0.4, -0.2) is 23.5 Å². The van der Waals surface area contributed by atoms with E-state index in [1.165, 1.54) is 0 Å². The Kier molecular flexibility index (Phi) is 5.96. The van der Waals surface area contributed by atoms with Crippen LogP contribution in [0.5, 0.6) is 0 Å². The molecule has 3 aromatic rings. The van der Waals surface area contributed by atoms with Crippen molar-refractivity contribution in [3.05, 3.63) is 77.9 Å². The molecule has 3 N–H and O–H groups in total. The molecule has 0 saturated carbocycles. The number of benzene rings is 3. The number of rotatable bonds is 5. The highest BCUT2D eigenvalue weighted by molar-refractivity contribution is 6.39. The van der Waals surface area contributed by atoms with Gasteiger partial charge in [0.1, 0.15) is 0 Å². The summed E-state index contributed by atoms with van der Waals surface area (Å²) in [6, 6.07) is 16.0. The lowest BCUT2D eigenvalue weighted by Gasteiger charge is -2.14. The van der Waals surface area contributed by atoms with E-state index in [0.717, 1.165) is 34.5 Å². The minimum absolute atomic E-state index is 0.0326. The molecule has 0 aliphatic carbocycles. The highest BCUT2D eigenvalue weighted by Gasteiger charge is 2.16. The molecule has 0 aliphatic heterocycles. The maximum Gasteiger partial charge on any atom is 0.313 e. The van der Waals surface area contributed by atoms with Crippen molar-refractivity contribution in [2.45, 2.75) is 12.5 Å². The van der Waals surface area contributed by atoms with Crippen LogP contribution in [0.3, 0.4) is 0 Å². The van der Waals surface area contributed by atoms with Crippen molar-refractivity contribution in [3.8, 4) is 0 Å². The fourth-order valence-electron chi connectivity index (χ4n) is 2.86. The number of fused-ring (bicyclic) bond motifs is 1. The van der Waals surface area contributed by atoms with Crippen molar-refractivity contribution in [2.24, 2.45) is 0 Å². The van der Waals surface area contributed by atoms with Gasteiger partial charge in [-0.1, -0.05) is 42.5 Å². The first kappa shape index (κ1) is 19.4. The van der Waals surface area contributed by atoms with Crippen molar-refractivity contribution in [3.63, 3.8) is 0 Å². The number of carbonyl (C=O) groups is 2. The van der Waals surface area contributed by atoms with E-state index in [2.05, 4.69) is 10.6 Å². The third-order valence-electron chi connectivity index (χ3n) is 4.27. The van der Waals surface area contributed by atoms with Crippen LogP contribution >= 0.6 is 0 Å². The SMILES string of the molecule is O=C(NCC[C@H](O)c1cccc2ccccc12)C(=O)Nc1ccc(F)c(F)c1. The van der Waals surface area contributed by atoms with Gasteiger partial charge in [-0.15, -0.1) is 0 Å². The standard InChI is InChI=1S/C21H18F2N2O3/c22-17-9-8-14(12-18(17)23)25-21(28)20(27)24-11-10-19(26)16-7-3-5-13-4-1-2-6-15(13)16/h1-9,12,19,26H,10-11H2,(H,24,27)(H,25,28)/t19-/m0/s1. The van der Waals surface area contributed by atoms with Crippen molar-refractivity contribution in [2.75, 3.05) is 11.9 Å². The van der Waals surface area contributed by atoms with Crippen LogP contribution in [0.15, 0.2) is 60.7 Å². The van der Waals surface area contributed by atoms with Crippen molar-refractivity contribution in [1.29, 1.82) is 0 Å². The van der Waals surface area contributed by atoms with Gasteiger partial charge in [0.15, 0.2) is 11.6 Å². The van der Waals surface area contributed by atoms with Crippen LogP contribution in [0.1, 0.15) is 18.1 Å².